The van der Waals surface area contributed by atoms with Gasteiger partial charge in [0.15, 0.2) is 11.6 Å². The SMILES string of the molecule is CC(=O)[C@@]1(O)CC[C@H]2[C@@H]3CC=C4CC(O)(OCc5ccc(O)cc5)CC[C@]4(C)[C@H]3CC[C@@]21C. The third kappa shape index (κ3) is 3.42. The van der Waals surface area contributed by atoms with Crippen molar-refractivity contribution < 1.29 is 24.9 Å². The van der Waals surface area contributed by atoms with Crippen molar-refractivity contribution in [2.45, 2.75) is 90.1 Å². The maximum atomic E-state index is 12.4. The van der Waals surface area contributed by atoms with Crippen molar-refractivity contribution in [3.63, 3.8) is 0 Å². The smallest absolute Gasteiger partial charge is 0.169 e. The lowest BCUT2D eigenvalue weighted by atomic mass is 9.46. The fraction of sp³-hybridized carbons (Fsp3) is 0.679. The standard InChI is InChI=1S/C28H38O5/c1-18(29)28(32)13-11-24-22-9-6-20-16-27(31,33-17-19-4-7-21(30)8-5-19)15-14-25(20,2)23(22)10-12-26(24,28)3/h4-8,22-24,30-32H,9-17H2,1-3H3/t22-,23+,24+,25+,26+,27?,28+/m1/s1. The van der Waals surface area contributed by atoms with Gasteiger partial charge in [-0.05, 0) is 86.3 Å². The zero-order valence-electron chi connectivity index (χ0n) is 20.1. The third-order valence-corrected chi connectivity index (χ3v) is 10.3. The fourth-order valence-electron chi connectivity index (χ4n) is 8.15. The molecule has 0 aromatic heterocycles. The summed E-state index contributed by atoms with van der Waals surface area (Å²) in [5, 5.41) is 32.1. The van der Waals surface area contributed by atoms with Gasteiger partial charge in [0.2, 0.25) is 0 Å². The molecule has 0 radical (unpaired) electrons. The Morgan fingerprint density at radius 1 is 1.03 bits per heavy atom. The molecule has 0 saturated heterocycles. The molecule has 5 rings (SSSR count). The summed E-state index contributed by atoms with van der Waals surface area (Å²) in [6, 6.07) is 6.91. The van der Waals surface area contributed by atoms with E-state index in [-0.39, 0.29) is 22.4 Å². The summed E-state index contributed by atoms with van der Waals surface area (Å²) >= 11 is 0. The molecular formula is C28H38O5. The predicted octanol–water partition coefficient (Wildman–Crippen LogP) is 4.88. The first-order valence-corrected chi connectivity index (χ1v) is 12.6. The van der Waals surface area contributed by atoms with Crippen LogP contribution in [0.5, 0.6) is 5.75 Å². The molecule has 3 saturated carbocycles. The van der Waals surface area contributed by atoms with Crippen LogP contribution in [0.25, 0.3) is 0 Å². The summed E-state index contributed by atoms with van der Waals surface area (Å²) in [6.07, 6.45) is 8.73. The molecule has 0 bridgehead atoms. The normalized spacial score (nSPS) is 44.4. The maximum absolute atomic E-state index is 12.4. The quantitative estimate of drug-likeness (QED) is 0.446. The van der Waals surface area contributed by atoms with Gasteiger partial charge in [-0.25, -0.2) is 0 Å². The molecule has 3 fully saturated rings. The van der Waals surface area contributed by atoms with Gasteiger partial charge in [-0.2, -0.15) is 0 Å². The van der Waals surface area contributed by atoms with Gasteiger partial charge in [-0.1, -0.05) is 37.6 Å². The van der Waals surface area contributed by atoms with Crippen LogP contribution in [0.2, 0.25) is 0 Å². The Hall–Kier alpha value is -1.69. The average molecular weight is 455 g/mol. The Balaban J connectivity index is 1.34. The van der Waals surface area contributed by atoms with E-state index in [1.165, 1.54) is 5.57 Å². The number of carbonyl (C=O) groups is 1. The fourth-order valence-corrected chi connectivity index (χ4v) is 8.15. The van der Waals surface area contributed by atoms with E-state index in [9.17, 15) is 20.1 Å². The second-order valence-corrected chi connectivity index (χ2v) is 11.7. The minimum absolute atomic E-state index is 0.0370. The van der Waals surface area contributed by atoms with Crippen LogP contribution in [0.1, 0.15) is 77.7 Å². The topological polar surface area (TPSA) is 87.0 Å². The lowest BCUT2D eigenvalue weighted by molar-refractivity contribution is -0.232. The summed E-state index contributed by atoms with van der Waals surface area (Å²) < 4.78 is 6.03. The number of ether oxygens (including phenoxy) is 1. The zero-order valence-corrected chi connectivity index (χ0v) is 20.1. The number of hydrogen-bond acceptors (Lipinski definition) is 5. The van der Waals surface area contributed by atoms with Crippen LogP contribution in [0, 0.1) is 28.6 Å². The molecule has 1 aromatic carbocycles. The summed E-state index contributed by atoms with van der Waals surface area (Å²) in [5.41, 5.74) is 0.770. The minimum Gasteiger partial charge on any atom is -0.508 e. The number of aliphatic hydroxyl groups is 2. The number of rotatable bonds is 4. The molecule has 0 amide bonds. The molecule has 0 spiro atoms. The molecule has 180 valence electrons. The molecule has 5 heteroatoms. The van der Waals surface area contributed by atoms with Crippen molar-refractivity contribution in [1.82, 2.24) is 0 Å². The van der Waals surface area contributed by atoms with Crippen LogP contribution in [0.4, 0.5) is 0 Å². The molecule has 5 nitrogen and oxygen atoms in total. The predicted molar refractivity (Wildman–Crippen MR) is 125 cm³/mol. The Kier molecular flexibility index (Phi) is 5.35. The first kappa shape index (κ1) is 23.1. The highest BCUT2D eigenvalue weighted by molar-refractivity contribution is 5.86. The van der Waals surface area contributed by atoms with Crippen LogP contribution in [0.3, 0.4) is 0 Å². The maximum Gasteiger partial charge on any atom is 0.169 e. The van der Waals surface area contributed by atoms with Crippen molar-refractivity contribution in [2.24, 2.45) is 28.6 Å². The van der Waals surface area contributed by atoms with Crippen molar-refractivity contribution in [3.05, 3.63) is 41.5 Å². The summed E-state index contributed by atoms with van der Waals surface area (Å²) in [4.78, 5) is 12.4. The number of phenols is 1. The van der Waals surface area contributed by atoms with E-state index in [4.69, 9.17) is 4.74 Å². The molecule has 0 heterocycles. The van der Waals surface area contributed by atoms with Gasteiger partial charge < -0.3 is 20.1 Å². The van der Waals surface area contributed by atoms with Crippen LogP contribution < -0.4 is 0 Å². The Morgan fingerprint density at radius 2 is 1.73 bits per heavy atom. The van der Waals surface area contributed by atoms with Gasteiger partial charge in [0.25, 0.3) is 0 Å². The van der Waals surface area contributed by atoms with Crippen molar-refractivity contribution in [3.8, 4) is 5.75 Å². The summed E-state index contributed by atoms with van der Waals surface area (Å²) in [5.74, 6) is 0.354. The van der Waals surface area contributed by atoms with Gasteiger partial charge in [-0.3, -0.25) is 4.79 Å². The number of fused-ring (bicyclic) bond motifs is 5. The molecule has 33 heavy (non-hydrogen) atoms. The van der Waals surface area contributed by atoms with E-state index in [1.807, 2.05) is 12.1 Å². The number of carbonyl (C=O) groups excluding carboxylic acids is 1. The van der Waals surface area contributed by atoms with E-state index in [0.717, 1.165) is 37.7 Å². The van der Waals surface area contributed by atoms with Gasteiger partial charge in [0.05, 0.1) is 6.61 Å². The lowest BCUT2D eigenvalue weighted by Crippen LogP contribution is -2.57. The van der Waals surface area contributed by atoms with E-state index < -0.39 is 11.4 Å². The number of ketones is 1. The first-order chi connectivity index (χ1) is 15.5. The number of aromatic hydroxyl groups is 1. The van der Waals surface area contributed by atoms with E-state index in [0.29, 0.717) is 43.6 Å². The monoisotopic (exact) mass is 454 g/mol. The number of benzene rings is 1. The van der Waals surface area contributed by atoms with E-state index in [1.54, 1.807) is 19.1 Å². The summed E-state index contributed by atoms with van der Waals surface area (Å²) in [6.45, 7) is 6.39. The van der Waals surface area contributed by atoms with Crippen LogP contribution >= 0.6 is 0 Å². The average Bonchev–Trinajstić information content (AvgIpc) is 3.06. The highest BCUT2D eigenvalue weighted by Crippen LogP contribution is 2.67. The van der Waals surface area contributed by atoms with E-state index >= 15 is 0 Å². The van der Waals surface area contributed by atoms with Crippen LogP contribution in [0.15, 0.2) is 35.9 Å². The first-order valence-electron chi connectivity index (χ1n) is 12.6. The Morgan fingerprint density at radius 3 is 2.42 bits per heavy atom. The van der Waals surface area contributed by atoms with Gasteiger partial charge in [0, 0.05) is 18.3 Å². The van der Waals surface area contributed by atoms with Crippen LogP contribution in [-0.2, 0) is 16.1 Å². The molecule has 7 atom stereocenters. The lowest BCUT2D eigenvalue weighted by Gasteiger charge is -2.59. The van der Waals surface area contributed by atoms with Gasteiger partial charge in [-0.15, -0.1) is 0 Å². The zero-order chi connectivity index (χ0) is 23.6. The van der Waals surface area contributed by atoms with Crippen molar-refractivity contribution in [2.75, 3.05) is 0 Å². The largest absolute Gasteiger partial charge is 0.508 e. The molecule has 1 aromatic rings. The third-order valence-electron chi connectivity index (χ3n) is 10.3. The number of hydrogen-bond donors (Lipinski definition) is 3. The second kappa shape index (κ2) is 7.66. The number of Topliss-reactive ketones (excluding diaryl/α,β-unsaturated/α-hetero) is 1. The summed E-state index contributed by atoms with van der Waals surface area (Å²) in [7, 11) is 0. The highest BCUT2D eigenvalue weighted by atomic mass is 16.6. The number of phenolic OH excluding ortho intramolecular Hbond substituents is 1. The van der Waals surface area contributed by atoms with Crippen molar-refractivity contribution in [1.29, 1.82) is 0 Å². The van der Waals surface area contributed by atoms with E-state index in [2.05, 4.69) is 19.9 Å². The van der Waals surface area contributed by atoms with Crippen LogP contribution in [-0.4, -0.2) is 32.5 Å². The van der Waals surface area contributed by atoms with Gasteiger partial charge in [0.1, 0.15) is 11.4 Å². The molecule has 1 unspecified atom stereocenters. The van der Waals surface area contributed by atoms with Gasteiger partial charge >= 0.3 is 0 Å². The molecular weight excluding hydrogens is 416 g/mol. The van der Waals surface area contributed by atoms with Crippen molar-refractivity contribution >= 4 is 5.78 Å². The minimum atomic E-state index is -1.18. The second-order valence-electron chi connectivity index (χ2n) is 11.7. The molecule has 4 aliphatic carbocycles. The Bertz CT molecular complexity index is 969. The molecule has 4 aliphatic rings. The Labute approximate surface area is 196 Å². The molecule has 3 N–H and O–H groups in total. The highest BCUT2D eigenvalue weighted by Gasteiger charge is 2.65. The molecule has 0 aliphatic heterocycles. The number of allylic oxidation sites excluding steroid dienone is 1.